The summed E-state index contributed by atoms with van der Waals surface area (Å²) in [6.45, 7) is 3.41. The molecule has 1 aromatic heterocycles. The quantitative estimate of drug-likeness (QED) is 0.372. The second-order valence-electron chi connectivity index (χ2n) is 6.17. The Morgan fingerprint density at radius 1 is 1.18 bits per heavy atom. The highest BCUT2D eigenvalue weighted by Crippen LogP contribution is 2.19. The number of ether oxygens (including phenoxy) is 1. The zero-order chi connectivity index (χ0) is 19.8. The molecular formula is C21H23FN4O2. The number of guanidine groups is 1. The molecule has 146 valence electrons. The number of aryl methyl sites for hydroxylation is 1. The van der Waals surface area contributed by atoms with Crippen molar-refractivity contribution in [1.29, 1.82) is 0 Å². The smallest absolute Gasteiger partial charge is 0.226 e. The Morgan fingerprint density at radius 2 is 2.00 bits per heavy atom. The number of nitrogens with one attached hydrogen (secondary N) is 2. The van der Waals surface area contributed by atoms with E-state index in [-0.39, 0.29) is 5.82 Å². The van der Waals surface area contributed by atoms with Gasteiger partial charge in [0.15, 0.2) is 5.96 Å². The Labute approximate surface area is 163 Å². The van der Waals surface area contributed by atoms with E-state index in [0.717, 1.165) is 11.3 Å². The summed E-state index contributed by atoms with van der Waals surface area (Å²) in [5.41, 5.74) is 2.90. The summed E-state index contributed by atoms with van der Waals surface area (Å²) < 4.78 is 24.2. The van der Waals surface area contributed by atoms with Crippen molar-refractivity contribution in [3.8, 4) is 17.2 Å². The molecule has 0 radical (unpaired) electrons. The first-order valence-corrected chi connectivity index (χ1v) is 8.98. The number of hydrogen-bond acceptors (Lipinski definition) is 4. The van der Waals surface area contributed by atoms with Crippen molar-refractivity contribution < 1.29 is 13.5 Å². The van der Waals surface area contributed by atoms with Crippen LogP contribution in [-0.2, 0) is 6.54 Å². The SMILES string of the molecule is CN=C(NCCOc1cccc(F)c1)NCc1coc(-c2ccc(C)cc2)n1. The van der Waals surface area contributed by atoms with Crippen LogP contribution in [0.4, 0.5) is 4.39 Å². The third-order valence-corrected chi connectivity index (χ3v) is 3.97. The van der Waals surface area contributed by atoms with E-state index in [2.05, 4.69) is 20.6 Å². The molecule has 0 saturated heterocycles. The number of halogens is 1. The van der Waals surface area contributed by atoms with Gasteiger partial charge in [-0.1, -0.05) is 23.8 Å². The van der Waals surface area contributed by atoms with Crippen molar-refractivity contribution in [2.24, 2.45) is 4.99 Å². The van der Waals surface area contributed by atoms with Gasteiger partial charge >= 0.3 is 0 Å². The number of aromatic nitrogens is 1. The third-order valence-electron chi connectivity index (χ3n) is 3.97. The number of rotatable bonds is 7. The third kappa shape index (κ3) is 5.57. The maximum atomic E-state index is 13.1. The molecule has 3 rings (SSSR count). The molecule has 0 bridgehead atoms. The van der Waals surface area contributed by atoms with Crippen LogP contribution in [0.5, 0.6) is 5.75 Å². The van der Waals surface area contributed by atoms with Crippen LogP contribution in [0.25, 0.3) is 11.5 Å². The molecule has 3 aromatic rings. The summed E-state index contributed by atoms with van der Waals surface area (Å²) in [7, 11) is 1.68. The lowest BCUT2D eigenvalue weighted by Gasteiger charge is -2.11. The van der Waals surface area contributed by atoms with E-state index in [1.165, 1.54) is 17.7 Å². The zero-order valence-electron chi connectivity index (χ0n) is 15.9. The average molecular weight is 382 g/mol. The molecule has 2 N–H and O–H groups in total. The normalized spacial score (nSPS) is 11.3. The van der Waals surface area contributed by atoms with Gasteiger partial charge in [-0.15, -0.1) is 0 Å². The van der Waals surface area contributed by atoms with E-state index in [1.807, 2.05) is 31.2 Å². The summed E-state index contributed by atoms with van der Waals surface area (Å²) in [5, 5.41) is 6.30. The predicted octanol–water partition coefficient (Wildman–Crippen LogP) is 3.53. The summed E-state index contributed by atoms with van der Waals surface area (Å²) >= 11 is 0. The van der Waals surface area contributed by atoms with Gasteiger partial charge in [0.1, 0.15) is 24.4 Å². The molecule has 0 fully saturated rings. The second kappa shape index (κ2) is 9.55. The molecule has 6 nitrogen and oxygen atoms in total. The summed E-state index contributed by atoms with van der Waals surface area (Å²) in [5.74, 6) is 1.38. The van der Waals surface area contributed by atoms with E-state index in [9.17, 15) is 4.39 Å². The standard InChI is InChI=1S/C21H23FN4O2/c1-15-6-8-16(9-7-15)20-26-18(14-28-20)13-25-21(23-2)24-10-11-27-19-5-3-4-17(22)12-19/h3-9,12,14H,10-11,13H2,1-2H3,(H2,23,24,25). The Hall–Kier alpha value is -3.35. The molecule has 0 spiro atoms. The largest absolute Gasteiger partial charge is 0.492 e. The minimum atomic E-state index is -0.319. The van der Waals surface area contributed by atoms with Crippen molar-refractivity contribution in [3.05, 3.63) is 71.9 Å². The molecule has 0 saturated carbocycles. The van der Waals surface area contributed by atoms with Crippen molar-refractivity contribution in [2.45, 2.75) is 13.5 Å². The Bertz CT molecular complexity index is 922. The van der Waals surface area contributed by atoms with Crippen LogP contribution in [-0.4, -0.2) is 31.1 Å². The van der Waals surface area contributed by atoms with E-state index < -0.39 is 0 Å². The number of nitrogens with zero attached hydrogens (tertiary/aromatic N) is 2. The highest BCUT2D eigenvalue weighted by atomic mass is 19.1. The molecule has 28 heavy (non-hydrogen) atoms. The molecule has 0 unspecified atom stereocenters. The van der Waals surface area contributed by atoms with Crippen molar-refractivity contribution in [3.63, 3.8) is 0 Å². The van der Waals surface area contributed by atoms with Gasteiger partial charge in [0, 0.05) is 18.7 Å². The van der Waals surface area contributed by atoms with E-state index >= 15 is 0 Å². The lowest BCUT2D eigenvalue weighted by molar-refractivity contribution is 0.320. The predicted molar refractivity (Wildman–Crippen MR) is 107 cm³/mol. The van der Waals surface area contributed by atoms with Crippen LogP contribution in [0.1, 0.15) is 11.3 Å². The van der Waals surface area contributed by atoms with Crippen LogP contribution in [0.3, 0.4) is 0 Å². The molecular weight excluding hydrogens is 359 g/mol. The monoisotopic (exact) mass is 382 g/mol. The highest BCUT2D eigenvalue weighted by molar-refractivity contribution is 5.79. The minimum absolute atomic E-state index is 0.319. The lowest BCUT2D eigenvalue weighted by atomic mass is 10.1. The Balaban J connectivity index is 1.43. The molecule has 2 aromatic carbocycles. The summed E-state index contributed by atoms with van der Waals surface area (Å²) in [6.07, 6.45) is 1.63. The van der Waals surface area contributed by atoms with E-state index in [0.29, 0.717) is 37.3 Å². The van der Waals surface area contributed by atoms with Crippen molar-refractivity contribution >= 4 is 5.96 Å². The Morgan fingerprint density at radius 3 is 2.75 bits per heavy atom. The van der Waals surface area contributed by atoms with Crippen LogP contribution in [0, 0.1) is 12.7 Å². The fourth-order valence-electron chi connectivity index (χ4n) is 2.51. The molecule has 0 atom stereocenters. The summed E-state index contributed by atoms with van der Waals surface area (Å²) in [4.78, 5) is 8.65. The van der Waals surface area contributed by atoms with Crippen LogP contribution >= 0.6 is 0 Å². The fourth-order valence-corrected chi connectivity index (χ4v) is 2.51. The number of hydrogen-bond donors (Lipinski definition) is 2. The van der Waals surface area contributed by atoms with Crippen LogP contribution in [0.15, 0.2) is 64.2 Å². The average Bonchev–Trinajstić information content (AvgIpc) is 3.17. The number of aliphatic imine (C=N–C) groups is 1. The molecule has 0 aliphatic heterocycles. The topological polar surface area (TPSA) is 71.7 Å². The van der Waals surface area contributed by atoms with Crippen molar-refractivity contribution in [2.75, 3.05) is 20.2 Å². The van der Waals surface area contributed by atoms with Gasteiger partial charge < -0.3 is 19.8 Å². The molecule has 0 amide bonds. The van der Waals surface area contributed by atoms with Gasteiger partial charge in [0.2, 0.25) is 5.89 Å². The van der Waals surface area contributed by atoms with Gasteiger partial charge in [-0.3, -0.25) is 4.99 Å². The van der Waals surface area contributed by atoms with E-state index in [1.54, 1.807) is 25.4 Å². The van der Waals surface area contributed by atoms with E-state index in [4.69, 9.17) is 9.15 Å². The highest BCUT2D eigenvalue weighted by Gasteiger charge is 2.07. The van der Waals surface area contributed by atoms with Gasteiger partial charge in [0.05, 0.1) is 18.8 Å². The van der Waals surface area contributed by atoms with Gasteiger partial charge in [-0.25, -0.2) is 9.37 Å². The van der Waals surface area contributed by atoms with Crippen LogP contribution < -0.4 is 15.4 Å². The van der Waals surface area contributed by atoms with Gasteiger partial charge in [0.25, 0.3) is 0 Å². The summed E-state index contributed by atoms with van der Waals surface area (Å²) in [6, 6.07) is 14.1. The maximum Gasteiger partial charge on any atom is 0.226 e. The minimum Gasteiger partial charge on any atom is -0.492 e. The fraction of sp³-hybridized carbons (Fsp3) is 0.238. The molecule has 1 heterocycles. The van der Waals surface area contributed by atoms with Gasteiger partial charge in [-0.2, -0.15) is 0 Å². The lowest BCUT2D eigenvalue weighted by Crippen LogP contribution is -2.38. The Kier molecular flexibility index (Phi) is 6.62. The number of benzene rings is 2. The molecule has 0 aliphatic rings. The maximum absolute atomic E-state index is 13.1. The zero-order valence-corrected chi connectivity index (χ0v) is 15.9. The van der Waals surface area contributed by atoms with Crippen LogP contribution in [0.2, 0.25) is 0 Å². The first kappa shape index (κ1) is 19.4. The molecule has 0 aliphatic carbocycles. The first-order valence-electron chi connectivity index (χ1n) is 8.98. The van der Waals surface area contributed by atoms with Gasteiger partial charge in [-0.05, 0) is 31.2 Å². The number of oxazole rings is 1. The molecule has 7 heteroatoms. The van der Waals surface area contributed by atoms with Crippen molar-refractivity contribution in [1.82, 2.24) is 15.6 Å². The first-order chi connectivity index (χ1) is 13.6. The second-order valence-corrected chi connectivity index (χ2v) is 6.17.